The van der Waals surface area contributed by atoms with Gasteiger partial charge in [0.05, 0.1) is 5.92 Å². The lowest BCUT2D eigenvalue weighted by Gasteiger charge is -2.20. The maximum absolute atomic E-state index is 13.8. The Morgan fingerprint density at radius 2 is 2.00 bits per heavy atom. The van der Waals surface area contributed by atoms with Gasteiger partial charge in [-0.25, -0.2) is 4.39 Å². The van der Waals surface area contributed by atoms with Crippen LogP contribution in [0.25, 0.3) is 0 Å². The number of nitrogens with one attached hydrogen (secondary N) is 1. The molecule has 0 aromatic carbocycles. The normalized spacial score (nSPS) is 24.9. The lowest BCUT2D eigenvalue weighted by molar-refractivity contribution is -0.121. The first-order valence-corrected chi connectivity index (χ1v) is 6.14. The molecule has 2 nitrogen and oxygen atoms in total. The van der Waals surface area contributed by atoms with E-state index in [0.717, 1.165) is 11.1 Å². The van der Waals surface area contributed by atoms with Gasteiger partial charge in [-0.1, -0.05) is 24.8 Å². The summed E-state index contributed by atoms with van der Waals surface area (Å²) in [6.45, 7) is 15.0. The summed E-state index contributed by atoms with van der Waals surface area (Å²) in [5.74, 6) is -0.282. The van der Waals surface area contributed by atoms with Crippen molar-refractivity contribution in [1.82, 2.24) is 5.32 Å². The number of amides is 1. The quantitative estimate of drug-likeness (QED) is 0.603. The number of halogens is 1. The average Bonchev–Trinajstić information content (AvgIpc) is 2.58. The minimum Gasteiger partial charge on any atom is -0.355 e. The van der Waals surface area contributed by atoms with Crippen LogP contribution >= 0.6 is 0 Å². The Bertz CT molecular complexity index is 415. The Balaban J connectivity index is 2.92. The number of alkyl halides is 1. The molecule has 0 aromatic rings. The molecule has 1 rings (SSSR count). The van der Waals surface area contributed by atoms with Crippen molar-refractivity contribution in [2.45, 2.75) is 33.4 Å². The zero-order valence-corrected chi connectivity index (χ0v) is 11.6. The van der Waals surface area contributed by atoms with E-state index >= 15 is 0 Å². The summed E-state index contributed by atoms with van der Waals surface area (Å²) >= 11 is 0. The van der Waals surface area contributed by atoms with E-state index in [0.29, 0.717) is 12.1 Å². The Hall–Kier alpha value is -1.38. The predicted molar refractivity (Wildman–Crippen MR) is 72.9 cm³/mol. The van der Waals surface area contributed by atoms with E-state index in [1.54, 1.807) is 13.0 Å². The second-order valence-electron chi connectivity index (χ2n) is 5.55. The van der Waals surface area contributed by atoms with Crippen LogP contribution in [-0.4, -0.2) is 18.1 Å². The largest absolute Gasteiger partial charge is 0.355 e. The van der Waals surface area contributed by atoms with Crippen LogP contribution in [0, 0.1) is 11.8 Å². The summed E-state index contributed by atoms with van der Waals surface area (Å²) < 4.78 is 13.8. The van der Waals surface area contributed by atoms with Gasteiger partial charge in [0.1, 0.15) is 5.67 Å². The topological polar surface area (TPSA) is 29.1 Å². The molecule has 0 aliphatic carbocycles. The van der Waals surface area contributed by atoms with E-state index < -0.39 is 5.67 Å². The molecule has 0 aromatic heterocycles. The number of hydrogen-bond acceptors (Lipinski definition) is 1. The zero-order chi connectivity index (χ0) is 14.1. The molecule has 0 bridgehead atoms. The molecule has 1 aliphatic rings. The summed E-state index contributed by atoms with van der Waals surface area (Å²) in [5, 5.41) is 2.81. The molecule has 18 heavy (non-hydrogen) atoms. The first-order valence-electron chi connectivity index (χ1n) is 6.14. The van der Waals surface area contributed by atoms with E-state index in [9.17, 15) is 9.18 Å². The third-order valence-electron chi connectivity index (χ3n) is 3.53. The number of rotatable bonds is 4. The number of carbonyl (C=O) groups excluding carboxylic acids is 1. The Labute approximate surface area is 109 Å². The van der Waals surface area contributed by atoms with Gasteiger partial charge in [-0.15, -0.1) is 0 Å². The van der Waals surface area contributed by atoms with Gasteiger partial charge in [-0.2, -0.15) is 0 Å². The lowest BCUT2D eigenvalue weighted by atomic mass is 9.83. The Morgan fingerprint density at radius 1 is 1.44 bits per heavy atom. The van der Waals surface area contributed by atoms with Crippen molar-refractivity contribution in [3.63, 3.8) is 0 Å². The highest BCUT2D eigenvalue weighted by Crippen LogP contribution is 2.32. The summed E-state index contributed by atoms with van der Waals surface area (Å²) in [5.41, 5.74) is 0.858. The highest BCUT2D eigenvalue weighted by atomic mass is 19.1. The van der Waals surface area contributed by atoms with Crippen LogP contribution in [0.15, 0.2) is 36.0 Å². The van der Waals surface area contributed by atoms with Crippen molar-refractivity contribution in [1.29, 1.82) is 0 Å². The molecule has 2 atom stereocenters. The van der Waals surface area contributed by atoms with E-state index in [1.807, 2.05) is 6.92 Å². The lowest BCUT2D eigenvalue weighted by Crippen LogP contribution is -2.21. The van der Waals surface area contributed by atoms with Crippen molar-refractivity contribution in [3.05, 3.63) is 36.0 Å². The third-order valence-corrected chi connectivity index (χ3v) is 3.53. The SMILES string of the molecule is C=C(C)[C@H]1C(=O)NC[C@@H]1C(=C)/C=C(\C)C(C)(C)F. The van der Waals surface area contributed by atoms with Gasteiger partial charge in [-0.3, -0.25) is 4.79 Å². The van der Waals surface area contributed by atoms with E-state index in [-0.39, 0.29) is 17.7 Å². The maximum Gasteiger partial charge on any atom is 0.227 e. The third kappa shape index (κ3) is 3.09. The Kier molecular flexibility index (Phi) is 4.15. The molecule has 1 N–H and O–H groups in total. The molecule has 0 spiro atoms. The summed E-state index contributed by atoms with van der Waals surface area (Å²) in [6, 6.07) is 0. The minimum atomic E-state index is -1.36. The zero-order valence-electron chi connectivity index (χ0n) is 11.6. The number of hydrogen-bond donors (Lipinski definition) is 1. The standard InChI is InChI=1S/C15H22FNO/c1-9(2)13-12(8-17-14(13)18)10(3)7-11(4)15(5,6)16/h7,12-13H,1,3,8H2,2,4-6H3,(H,17,18)/b11-7+/t12-,13-/m1/s1. The van der Waals surface area contributed by atoms with Crippen LogP contribution in [-0.2, 0) is 4.79 Å². The van der Waals surface area contributed by atoms with Crippen LogP contribution in [0.2, 0.25) is 0 Å². The van der Waals surface area contributed by atoms with Crippen molar-refractivity contribution >= 4 is 5.91 Å². The second-order valence-corrected chi connectivity index (χ2v) is 5.55. The van der Waals surface area contributed by atoms with Crippen LogP contribution in [0.5, 0.6) is 0 Å². The summed E-state index contributed by atoms with van der Waals surface area (Å²) in [4.78, 5) is 11.7. The molecule has 0 unspecified atom stereocenters. The van der Waals surface area contributed by atoms with Crippen LogP contribution < -0.4 is 5.32 Å². The van der Waals surface area contributed by atoms with Gasteiger partial charge in [0.25, 0.3) is 0 Å². The van der Waals surface area contributed by atoms with E-state index in [4.69, 9.17) is 0 Å². The minimum absolute atomic E-state index is 0.0146. The van der Waals surface area contributed by atoms with Crippen molar-refractivity contribution in [2.75, 3.05) is 6.54 Å². The number of carbonyl (C=O) groups is 1. The second kappa shape index (κ2) is 5.09. The van der Waals surface area contributed by atoms with Crippen molar-refractivity contribution in [2.24, 2.45) is 11.8 Å². The van der Waals surface area contributed by atoms with Crippen LogP contribution in [0.3, 0.4) is 0 Å². The molecule has 0 saturated carbocycles. The molecular formula is C15H22FNO. The Morgan fingerprint density at radius 3 is 2.44 bits per heavy atom. The van der Waals surface area contributed by atoms with Gasteiger partial charge in [0.15, 0.2) is 0 Å². The molecule has 1 fully saturated rings. The smallest absolute Gasteiger partial charge is 0.227 e. The molecule has 1 aliphatic heterocycles. The summed E-state index contributed by atoms with van der Waals surface area (Å²) in [7, 11) is 0. The first-order chi connectivity index (χ1) is 8.14. The van der Waals surface area contributed by atoms with Crippen LogP contribution in [0.4, 0.5) is 4.39 Å². The maximum atomic E-state index is 13.8. The molecular weight excluding hydrogens is 229 g/mol. The van der Waals surface area contributed by atoms with Gasteiger partial charge in [0, 0.05) is 12.5 Å². The van der Waals surface area contributed by atoms with Gasteiger partial charge in [-0.05, 0) is 38.8 Å². The fourth-order valence-corrected chi connectivity index (χ4v) is 2.09. The molecule has 0 radical (unpaired) electrons. The fourth-order valence-electron chi connectivity index (χ4n) is 2.09. The average molecular weight is 251 g/mol. The van der Waals surface area contributed by atoms with Crippen molar-refractivity contribution < 1.29 is 9.18 Å². The molecule has 1 amide bonds. The first kappa shape index (κ1) is 14.7. The molecule has 1 heterocycles. The van der Waals surface area contributed by atoms with Crippen LogP contribution in [0.1, 0.15) is 27.7 Å². The fraction of sp³-hybridized carbons (Fsp3) is 0.533. The summed E-state index contributed by atoms with van der Waals surface area (Å²) in [6.07, 6.45) is 1.75. The van der Waals surface area contributed by atoms with Gasteiger partial charge in [0.2, 0.25) is 5.91 Å². The number of allylic oxidation sites excluding steroid dienone is 2. The molecule has 1 saturated heterocycles. The predicted octanol–water partition coefficient (Wildman–Crippen LogP) is 3.18. The highest BCUT2D eigenvalue weighted by Gasteiger charge is 2.36. The van der Waals surface area contributed by atoms with Gasteiger partial charge >= 0.3 is 0 Å². The van der Waals surface area contributed by atoms with Crippen molar-refractivity contribution in [3.8, 4) is 0 Å². The van der Waals surface area contributed by atoms with E-state index in [2.05, 4.69) is 18.5 Å². The molecule has 100 valence electrons. The molecule has 3 heteroatoms. The highest BCUT2D eigenvalue weighted by molar-refractivity contribution is 5.84. The van der Waals surface area contributed by atoms with Gasteiger partial charge < -0.3 is 5.32 Å². The van der Waals surface area contributed by atoms with E-state index in [1.165, 1.54) is 13.8 Å². The monoisotopic (exact) mass is 251 g/mol.